The molecule has 1 aromatic carbocycles. The van der Waals surface area contributed by atoms with Crippen molar-refractivity contribution in [2.45, 2.75) is 32.1 Å². The zero-order valence-electron chi connectivity index (χ0n) is 9.30. The number of rotatable bonds is 3. The summed E-state index contributed by atoms with van der Waals surface area (Å²) in [6.45, 7) is 3.44. The molecule has 1 atom stereocenters. The Labute approximate surface area is 94.1 Å². The van der Waals surface area contributed by atoms with Crippen molar-refractivity contribution >= 4 is 13.5 Å². The van der Waals surface area contributed by atoms with Crippen LogP contribution in [0.15, 0.2) is 24.3 Å². The first-order valence-corrected chi connectivity index (χ1v) is 7.72. The van der Waals surface area contributed by atoms with Crippen LogP contribution in [0, 0.1) is 6.92 Å². The van der Waals surface area contributed by atoms with E-state index >= 15 is 0 Å². The van der Waals surface area contributed by atoms with Crippen molar-refractivity contribution in [3.63, 3.8) is 0 Å². The molecule has 0 aliphatic heterocycles. The monoisotopic (exact) mass is 248 g/mol. The fourth-order valence-corrected chi connectivity index (χ4v) is 3.39. The molecule has 90 valence electrons. The highest BCUT2D eigenvalue weighted by atomic mass is 28.4. The minimum atomic E-state index is -4.19. The van der Waals surface area contributed by atoms with Crippen LogP contribution in [0.1, 0.15) is 12.0 Å². The Hall–Kier alpha value is -0.813. The van der Waals surface area contributed by atoms with E-state index in [0.717, 1.165) is 5.56 Å². The number of hydrogen-bond acceptors (Lipinski definition) is 1. The van der Waals surface area contributed by atoms with Crippen molar-refractivity contribution in [1.82, 2.24) is 0 Å². The Kier molecular flexibility index (Phi) is 3.80. The van der Waals surface area contributed by atoms with Gasteiger partial charge in [-0.25, -0.2) is 0 Å². The van der Waals surface area contributed by atoms with Crippen LogP contribution < -0.4 is 5.19 Å². The molecule has 0 aliphatic rings. The fourth-order valence-electron chi connectivity index (χ4n) is 1.44. The molecule has 0 amide bonds. The van der Waals surface area contributed by atoms with E-state index in [1.807, 2.05) is 19.1 Å². The molecular formula is C11H15F3OSi. The van der Waals surface area contributed by atoms with E-state index in [9.17, 15) is 18.0 Å². The van der Waals surface area contributed by atoms with Crippen LogP contribution in [-0.2, 0) is 0 Å². The lowest BCUT2D eigenvalue weighted by molar-refractivity contribution is -0.131. The molecule has 0 saturated heterocycles. The second-order valence-corrected chi connectivity index (χ2v) is 7.88. The first-order valence-electron chi connectivity index (χ1n) is 5.07. The van der Waals surface area contributed by atoms with Crippen molar-refractivity contribution in [2.75, 3.05) is 0 Å². The number of hydrogen-bond donors (Lipinski definition) is 1. The van der Waals surface area contributed by atoms with Gasteiger partial charge in [0.1, 0.15) is 0 Å². The molecule has 0 radical (unpaired) electrons. The maximum Gasteiger partial charge on any atom is 0.388 e. The SMILES string of the molecule is Cc1ccc([Si](C)(O)CCC(F)(F)F)cc1. The summed E-state index contributed by atoms with van der Waals surface area (Å²) in [6, 6.07) is 6.88. The van der Waals surface area contributed by atoms with Gasteiger partial charge in [0.15, 0.2) is 0 Å². The van der Waals surface area contributed by atoms with Crippen LogP contribution in [0.4, 0.5) is 13.2 Å². The molecule has 0 spiro atoms. The summed E-state index contributed by atoms with van der Waals surface area (Å²) in [5, 5.41) is 0.655. The van der Waals surface area contributed by atoms with E-state index in [-0.39, 0.29) is 6.04 Å². The zero-order chi connectivity index (χ0) is 12.4. The minimum Gasteiger partial charge on any atom is -0.428 e. The molecule has 0 bridgehead atoms. The van der Waals surface area contributed by atoms with Crippen LogP contribution >= 0.6 is 0 Å². The summed E-state index contributed by atoms with van der Waals surface area (Å²) in [7, 11) is -2.93. The van der Waals surface area contributed by atoms with Gasteiger partial charge < -0.3 is 4.80 Å². The number of aryl methyl sites for hydroxylation is 1. The first kappa shape index (κ1) is 13.3. The Bertz CT molecular complexity index is 343. The maximum absolute atomic E-state index is 12.1. The van der Waals surface area contributed by atoms with E-state index < -0.39 is 20.9 Å². The van der Waals surface area contributed by atoms with Gasteiger partial charge in [0.05, 0.1) is 0 Å². The van der Waals surface area contributed by atoms with E-state index in [4.69, 9.17) is 0 Å². The molecule has 1 nitrogen and oxygen atoms in total. The highest BCUT2D eigenvalue weighted by molar-refractivity contribution is 6.84. The van der Waals surface area contributed by atoms with Crippen LogP contribution in [-0.4, -0.2) is 19.3 Å². The molecule has 5 heteroatoms. The van der Waals surface area contributed by atoms with Gasteiger partial charge in [-0.1, -0.05) is 29.8 Å². The molecule has 0 fully saturated rings. The predicted molar refractivity (Wildman–Crippen MR) is 60.1 cm³/mol. The van der Waals surface area contributed by atoms with Gasteiger partial charge in [0.2, 0.25) is 8.32 Å². The topological polar surface area (TPSA) is 20.2 Å². The molecule has 1 rings (SSSR count). The summed E-state index contributed by atoms with van der Waals surface area (Å²) in [5.41, 5.74) is 1.03. The highest BCUT2D eigenvalue weighted by Gasteiger charge is 2.35. The van der Waals surface area contributed by atoms with Crippen LogP contribution in [0.3, 0.4) is 0 Å². The normalized spacial score (nSPS) is 15.9. The summed E-state index contributed by atoms with van der Waals surface area (Å²) in [4.78, 5) is 10.1. The van der Waals surface area contributed by atoms with E-state index in [1.54, 1.807) is 18.7 Å². The maximum atomic E-state index is 12.1. The van der Waals surface area contributed by atoms with E-state index in [2.05, 4.69) is 0 Å². The molecule has 0 aromatic heterocycles. The molecule has 0 saturated carbocycles. The Morgan fingerprint density at radius 1 is 1.19 bits per heavy atom. The standard InChI is InChI=1S/C11H15F3OSi/c1-9-3-5-10(6-4-9)16(2,15)8-7-11(12,13)14/h3-6,15H,7-8H2,1-2H3. The number of benzene rings is 1. The minimum absolute atomic E-state index is 0.181. The highest BCUT2D eigenvalue weighted by Crippen LogP contribution is 2.25. The third kappa shape index (κ3) is 3.98. The average Bonchev–Trinajstić information content (AvgIpc) is 2.15. The fraction of sp³-hybridized carbons (Fsp3) is 0.455. The van der Waals surface area contributed by atoms with Crippen molar-refractivity contribution in [3.8, 4) is 0 Å². The molecular weight excluding hydrogens is 233 g/mol. The zero-order valence-corrected chi connectivity index (χ0v) is 10.3. The number of halogens is 3. The molecule has 1 aromatic rings. The van der Waals surface area contributed by atoms with Crippen LogP contribution in [0.2, 0.25) is 12.6 Å². The summed E-state index contributed by atoms with van der Waals surface area (Å²) >= 11 is 0. The van der Waals surface area contributed by atoms with Gasteiger partial charge in [-0.3, -0.25) is 0 Å². The van der Waals surface area contributed by atoms with E-state index in [0.29, 0.717) is 5.19 Å². The quantitative estimate of drug-likeness (QED) is 0.815. The summed E-state index contributed by atoms with van der Waals surface area (Å²) < 4.78 is 36.2. The summed E-state index contributed by atoms with van der Waals surface area (Å²) in [6.07, 6.45) is -5.11. The largest absolute Gasteiger partial charge is 0.428 e. The second-order valence-electron chi connectivity index (χ2n) is 4.26. The first-order chi connectivity index (χ1) is 7.21. The smallest absolute Gasteiger partial charge is 0.388 e. The Morgan fingerprint density at radius 3 is 2.12 bits per heavy atom. The predicted octanol–water partition coefficient (Wildman–Crippen LogP) is 2.72. The lowest BCUT2D eigenvalue weighted by Crippen LogP contribution is -2.45. The molecule has 0 heterocycles. The van der Waals surface area contributed by atoms with Crippen molar-refractivity contribution in [3.05, 3.63) is 29.8 Å². The lowest BCUT2D eigenvalue weighted by Gasteiger charge is -2.21. The summed E-state index contributed by atoms with van der Waals surface area (Å²) in [5.74, 6) is 0. The average molecular weight is 248 g/mol. The third-order valence-corrected chi connectivity index (χ3v) is 5.37. The van der Waals surface area contributed by atoms with Crippen molar-refractivity contribution in [1.29, 1.82) is 0 Å². The van der Waals surface area contributed by atoms with Gasteiger partial charge >= 0.3 is 6.18 Å². The van der Waals surface area contributed by atoms with E-state index in [1.165, 1.54) is 0 Å². The van der Waals surface area contributed by atoms with Crippen LogP contribution in [0.25, 0.3) is 0 Å². The Morgan fingerprint density at radius 2 is 1.69 bits per heavy atom. The molecule has 0 aliphatic carbocycles. The third-order valence-electron chi connectivity index (χ3n) is 2.57. The molecule has 16 heavy (non-hydrogen) atoms. The molecule has 1 unspecified atom stereocenters. The Balaban J connectivity index is 2.73. The van der Waals surface area contributed by atoms with Gasteiger partial charge in [0, 0.05) is 6.42 Å². The number of alkyl halides is 3. The van der Waals surface area contributed by atoms with Crippen molar-refractivity contribution in [2.24, 2.45) is 0 Å². The lowest BCUT2D eigenvalue weighted by atomic mass is 10.2. The van der Waals surface area contributed by atoms with Crippen molar-refractivity contribution < 1.29 is 18.0 Å². The second kappa shape index (κ2) is 4.59. The molecule has 1 N–H and O–H groups in total. The van der Waals surface area contributed by atoms with Gasteiger partial charge in [-0.2, -0.15) is 13.2 Å². The van der Waals surface area contributed by atoms with Crippen LogP contribution in [0.5, 0.6) is 0 Å². The van der Waals surface area contributed by atoms with Gasteiger partial charge in [0.25, 0.3) is 0 Å². The van der Waals surface area contributed by atoms with Gasteiger partial charge in [-0.05, 0) is 24.7 Å². The van der Waals surface area contributed by atoms with Gasteiger partial charge in [-0.15, -0.1) is 0 Å².